The number of aliphatic carboxylic acids is 1. The van der Waals surface area contributed by atoms with Gasteiger partial charge in [-0.05, 0) is 31.0 Å². The molecule has 3 rings (SSSR count). The Kier molecular flexibility index (Phi) is 4.11. The summed E-state index contributed by atoms with van der Waals surface area (Å²) < 4.78 is 33.3. The molecule has 1 N–H and O–H groups in total. The molecule has 1 aliphatic rings. The molecule has 1 saturated carbocycles. The largest absolute Gasteiger partial charge is 0.479 e. The highest BCUT2D eigenvalue weighted by Gasteiger charge is 2.52. The molecule has 1 fully saturated rings. The van der Waals surface area contributed by atoms with Crippen LogP contribution in [0.2, 0.25) is 0 Å². The Morgan fingerprint density at radius 3 is 2.50 bits per heavy atom. The van der Waals surface area contributed by atoms with Gasteiger partial charge in [-0.3, -0.25) is 9.69 Å². The van der Waals surface area contributed by atoms with Crippen molar-refractivity contribution in [2.75, 3.05) is 4.90 Å². The number of halogens is 3. The van der Waals surface area contributed by atoms with Crippen LogP contribution in [-0.4, -0.2) is 28.9 Å². The molecular weight excluding hydrogens is 388 g/mol. The van der Waals surface area contributed by atoms with Gasteiger partial charge in [0.05, 0.1) is 0 Å². The third kappa shape index (κ3) is 2.79. The number of rotatable bonds is 4. The van der Waals surface area contributed by atoms with E-state index in [9.17, 15) is 23.5 Å². The van der Waals surface area contributed by atoms with Gasteiger partial charge in [0.15, 0.2) is 0 Å². The van der Waals surface area contributed by atoms with Crippen molar-refractivity contribution in [3.05, 3.63) is 28.7 Å². The number of amides is 1. The second-order valence-corrected chi connectivity index (χ2v) is 6.85. The second-order valence-electron chi connectivity index (χ2n) is 5.93. The average Bonchev–Trinajstić information content (AvgIpc) is 2.92. The van der Waals surface area contributed by atoms with Gasteiger partial charge in [-0.2, -0.15) is 0 Å². The van der Waals surface area contributed by atoms with Gasteiger partial charge in [0, 0.05) is 28.8 Å². The van der Waals surface area contributed by atoms with Crippen LogP contribution in [0.4, 0.5) is 14.7 Å². The van der Waals surface area contributed by atoms with Crippen molar-refractivity contribution >= 4 is 45.2 Å². The molecule has 0 radical (unpaired) electrons. The van der Waals surface area contributed by atoms with Gasteiger partial charge in [-0.1, -0.05) is 15.9 Å². The van der Waals surface area contributed by atoms with Crippen molar-refractivity contribution in [1.82, 2.24) is 0 Å². The predicted molar refractivity (Wildman–Crippen MR) is 86.2 cm³/mol. The molecule has 0 bridgehead atoms. The Balaban J connectivity index is 2.04. The van der Waals surface area contributed by atoms with E-state index in [2.05, 4.69) is 15.9 Å². The van der Waals surface area contributed by atoms with Gasteiger partial charge >= 0.3 is 5.97 Å². The number of anilines is 1. The van der Waals surface area contributed by atoms with Gasteiger partial charge in [-0.25, -0.2) is 13.6 Å². The third-order valence-electron chi connectivity index (χ3n) is 4.48. The number of carboxylic acids is 1. The molecular formula is C16H14BrF2NO4. The molecule has 0 aliphatic heterocycles. The van der Waals surface area contributed by atoms with Crippen LogP contribution in [0.25, 0.3) is 11.0 Å². The molecule has 0 atom stereocenters. The summed E-state index contributed by atoms with van der Waals surface area (Å²) in [5.74, 6) is -4.19. The molecule has 0 spiro atoms. The van der Waals surface area contributed by atoms with Crippen LogP contribution in [0.3, 0.4) is 0 Å². The Labute approximate surface area is 144 Å². The third-order valence-corrected chi connectivity index (χ3v) is 4.97. The van der Waals surface area contributed by atoms with Gasteiger partial charge in [0.2, 0.25) is 18.2 Å². The molecule has 128 valence electrons. The Bertz CT molecular complexity index is 794. The number of alkyl halides is 2. The van der Waals surface area contributed by atoms with E-state index in [0.717, 1.165) is 9.37 Å². The van der Waals surface area contributed by atoms with E-state index in [4.69, 9.17) is 4.42 Å². The van der Waals surface area contributed by atoms with Gasteiger partial charge in [-0.15, -0.1) is 0 Å². The van der Waals surface area contributed by atoms with Crippen molar-refractivity contribution in [3.63, 3.8) is 0 Å². The minimum atomic E-state index is -2.91. The van der Waals surface area contributed by atoms with Crippen molar-refractivity contribution in [2.45, 2.75) is 37.1 Å². The zero-order valence-electron chi connectivity index (χ0n) is 12.5. The van der Waals surface area contributed by atoms with Gasteiger partial charge < -0.3 is 9.52 Å². The van der Waals surface area contributed by atoms with E-state index < -0.39 is 30.3 Å². The first kappa shape index (κ1) is 16.9. The summed E-state index contributed by atoms with van der Waals surface area (Å²) in [4.78, 5) is 24.4. The monoisotopic (exact) mass is 401 g/mol. The number of nitrogens with zero attached hydrogens (tertiary/aromatic N) is 1. The summed E-state index contributed by atoms with van der Waals surface area (Å²) in [5, 5.41) is 10.3. The minimum Gasteiger partial charge on any atom is -0.479 e. The molecule has 1 aromatic heterocycles. The lowest BCUT2D eigenvalue weighted by Gasteiger charge is -2.41. The summed E-state index contributed by atoms with van der Waals surface area (Å²) in [6, 6.07) is 6.75. The first-order valence-corrected chi connectivity index (χ1v) is 8.12. The molecule has 8 heteroatoms. The van der Waals surface area contributed by atoms with E-state index in [-0.39, 0.29) is 18.7 Å². The highest BCUT2D eigenvalue weighted by Crippen LogP contribution is 2.43. The number of hydrogen-bond acceptors (Lipinski definition) is 3. The molecule has 1 amide bonds. The molecule has 1 aromatic carbocycles. The van der Waals surface area contributed by atoms with Crippen LogP contribution in [0.5, 0.6) is 0 Å². The molecule has 1 aliphatic carbocycles. The van der Waals surface area contributed by atoms with Crippen LogP contribution in [0.1, 0.15) is 25.7 Å². The van der Waals surface area contributed by atoms with E-state index in [0.29, 0.717) is 17.4 Å². The van der Waals surface area contributed by atoms with Crippen LogP contribution in [-0.2, 0) is 9.59 Å². The summed E-state index contributed by atoms with van der Waals surface area (Å²) in [5.41, 5.74) is -1.26. The minimum absolute atomic E-state index is 0.0331. The first-order valence-electron chi connectivity index (χ1n) is 7.32. The van der Waals surface area contributed by atoms with E-state index in [1.807, 2.05) is 0 Å². The lowest BCUT2D eigenvalue weighted by molar-refractivity contribution is -0.149. The zero-order chi connectivity index (χ0) is 17.5. The zero-order valence-corrected chi connectivity index (χ0v) is 14.1. The summed E-state index contributed by atoms with van der Waals surface area (Å²) >= 11 is 3.30. The van der Waals surface area contributed by atoms with Crippen molar-refractivity contribution < 1.29 is 27.9 Å². The number of fused-ring (bicyclic) bond motifs is 1. The molecule has 1 heterocycles. The highest BCUT2D eigenvalue weighted by molar-refractivity contribution is 9.10. The maximum absolute atomic E-state index is 13.5. The SMILES string of the molecule is O=CN(c1cc2ccc(Br)cc2o1)C1(C(=O)O)CCC(F)(F)CC1. The fraction of sp³-hybridized carbons (Fsp3) is 0.375. The maximum atomic E-state index is 13.5. The highest BCUT2D eigenvalue weighted by atomic mass is 79.9. The van der Waals surface area contributed by atoms with Crippen LogP contribution in [0.15, 0.2) is 33.2 Å². The van der Waals surface area contributed by atoms with Crippen molar-refractivity contribution in [1.29, 1.82) is 0 Å². The standard InChI is InChI=1S/C16H14BrF2NO4/c17-11-2-1-10-7-13(24-12(10)8-11)20(9-21)15(14(22)23)3-5-16(18,19)6-4-15/h1-2,7-9H,3-6H2,(H,22,23). The molecule has 0 saturated heterocycles. The van der Waals surface area contributed by atoms with Gasteiger partial charge in [0.25, 0.3) is 0 Å². The van der Waals surface area contributed by atoms with Crippen molar-refractivity contribution in [3.8, 4) is 0 Å². The normalized spacial score (nSPS) is 19.1. The van der Waals surface area contributed by atoms with E-state index >= 15 is 0 Å². The fourth-order valence-electron chi connectivity index (χ4n) is 3.06. The summed E-state index contributed by atoms with van der Waals surface area (Å²) in [7, 11) is 0. The number of carbonyl (C=O) groups is 2. The molecule has 5 nitrogen and oxygen atoms in total. The van der Waals surface area contributed by atoms with Crippen LogP contribution >= 0.6 is 15.9 Å². The number of benzene rings is 1. The van der Waals surface area contributed by atoms with E-state index in [1.165, 1.54) is 6.07 Å². The molecule has 2 aromatic rings. The van der Waals surface area contributed by atoms with Gasteiger partial charge in [0.1, 0.15) is 11.1 Å². The summed E-state index contributed by atoms with van der Waals surface area (Å²) in [6.07, 6.45) is -1.52. The second kappa shape index (κ2) is 5.84. The Morgan fingerprint density at radius 2 is 1.92 bits per heavy atom. The maximum Gasteiger partial charge on any atom is 0.330 e. The predicted octanol–water partition coefficient (Wildman–Crippen LogP) is 4.19. The topological polar surface area (TPSA) is 70.8 Å². The fourth-order valence-corrected chi connectivity index (χ4v) is 3.40. The number of carbonyl (C=O) groups excluding carboxylic acids is 1. The average molecular weight is 402 g/mol. The molecule has 0 unspecified atom stereocenters. The number of carboxylic acid groups (broad SMARTS) is 1. The lowest BCUT2D eigenvalue weighted by Crippen LogP contribution is -2.57. The molecule has 24 heavy (non-hydrogen) atoms. The van der Waals surface area contributed by atoms with E-state index in [1.54, 1.807) is 18.2 Å². The van der Waals surface area contributed by atoms with Crippen molar-refractivity contribution in [2.24, 2.45) is 0 Å². The van der Waals surface area contributed by atoms with Crippen LogP contribution in [0, 0.1) is 0 Å². The quantitative estimate of drug-likeness (QED) is 0.779. The Morgan fingerprint density at radius 1 is 1.25 bits per heavy atom. The summed E-state index contributed by atoms with van der Waals surface area (Å²) in [6.45, 7) is 0. The van der Waals surface area contributed by atoms with Crippen LogP contribution < -0.4 is 4.90 Å². The number of furan rings is 1. The number of hydrogen-bond donors (Lipinski definition) is 1. The lowest BCUT2D eigenvalue weighted by atomic mass is 9.78. The smallest absolute Gasteiger partial charge is 0.330 e. The first-order chi connectivity index (χ1) is 11.3. The Hall–Kier alpha value is -1.96.